The molecule has 194 valence electrons. The second-order valence-electron chi connectivity index (χ2n) is 10.1. The number of rotatable bonds is 7. The highest BCUT2D eigenvalue weighted by molar-refractivity contribution is 6.00. The van der Waals surface area contributed by atoms with E-state index in [9.17, 15) is 18.8 Å². The first kappa shape index (κ1) is 27.2. The Bertz CT molecular complexity index is 1080. The van der Waals surface area contributed by atoms with Gasteiger partial charge in [-0.15, -0.1) is 0 Å². The van der Waals surface area contributed by atoms with Gasteiger partial charge in [0.1, 0.15) is 23.5 Å². The SMILES string of the molecule is CCCN1C(=O)C(NC(=O)C(Cc2ccccc2F)NC(=O)OC(C)(C)C)CCCc2ccccc21. The second-order valence-corrected chi connectivity index (χ2v) is 10.1. The fourth-order valence-corrected chi connectivity index (χ4v) is 4.32. The maximum atomic E-state index is 14.4. The van der Waals surface area contributed by atoms with Crippen LogP contribution in [0.2, 0.25) is 0 Å². The molecule has 0 bridgehead atoms. The van der Waals surface area contributed by atoms with Gasteiger partial charge in [-0.2, -0.15) is 0 Å². The quantitative estimate of drug-likeness (QED) is 0.589. The van der Waals surface area contributed by atoms with Crippen LogP contribution in [-0.4, -0.2) is 42.1 Å². The van der Waals surface area contributed by atoms with Gasteiger partial charge in [-0.1, -0.05) is 43.3 Å². The molecule has 2 atom stereocenters. The van der Waals surface area contributed by atoms with E-state index >= 15 is 0 Å². The average molecular weight is 498 g/mol. The molecule has 2 unspecified atom stereocenters. The third kappa shape index (κ3) is 7.29. The number of carbonyl (C=O) groups is 3. The Kier molecular flexibility index (Phi) is 9.07. The first-order chi connectivity index (χ1) is 17.1. The number of para-hydroxylation sites is 1. The van der Waals surface area contributed by atoms with E-state index in [-0.39, 0.29) is 17.9 Å². The Balaban J connectivity index is 1.83. The predicted octanol–water partition coefficient (Wildman–Crippen LogP) is 4.53. The van der Waals surface area contributed by atoms with Gasteiger partial charge < -0.3 is 20.3 Å². The molecule has 1 heterocycles. The molecule has 0 fully saturated rings. The summed E-state index contributed by atoms with van der Waals surface area (Å²) in [6, 6.07) is 12.0. The monoisotopic (exact) mass is 497 g/mol. The van der Waals surface area contributed by atoms with Crippen molar-refractivity contribution in [3.05, 3.63) is 65.5 Å². The van der Waals surface area contributed by atoms with E-state index in [2.05, 4.69) is 10.6 Å². The summed E-state index contributed by atoms with van der Waals surface area (Å²) in [6.45, 7) is 7.66. The van der Waals surface area contributed by atoms with Crippen molar-refractivity contribution >= 4 is 23.6 Å². The minimum Gasteiger partial charge on any atom is -0.444 e. The minimum absolute atomic E-state index is 0.0832. The number of amides is 3. The Hall–Kier alpha value is -3.42. The van der Waals surface area contributed by atoms with Crippen molar-refractivity contribution in [1.82, 2.24) is 10.6 Å². The van der Waals surface area contributed by atoms with Crippen molar-refractivity contribution in [1.29, 1.82) is 0 Å². The van der Waals surface area contributed by atoms with Crippen molar-refractivity contribution in [2.24, 2.45) is 0 Å². The Labute approximate surface area is 212 Å². The molecule has 36 heavy (non-hydrogen) atoms. The first-order valence-electron chi connectivity index (χ1n) is 12.5. The lowest BCUT2D eigenvalue weighted by molar-refractivity contribution is -0.129. The summed E-state index contributed by atoms with van der Waals surface area (Å²) in [7, 11) is 0. The van der Waals surface area contributed by atoms with Crippen molar-refractivity contribution in [3.8, 4) is 0 Å². The number of anilines is 1. The summed E-state index contributed by atoms with van der Waals surface area (Å²) in [6.07, 6.45) is 1.84. The number of nitrogens with zero attached hydrogens (tertiary/aromatic N) is 1. The van der Waals surface area contributed by atoms with Crippen LogP contribution in [-0.2, 0) is 27.2 Å². The highest BCUT2D eigenvalue weighted by Crippen LogP contribution is 2.27. The molecule has 0 aromatic heterocycles. The molecule has 2 aromatic rings. The second kappa shape index (κ2) is 12.0. The molecule has 2 N–H and O–H groups in total. The Morgan fingerprint density at radius 1 is 1.14 bits per heavy atom. The third-order valence-corrected chi connectivity index (χ3v) is 5.94. The Morgan fingerprint density at radius 2 is 1.83 bits per heavy atom. The van der Waals surface area contributed by atoms with E-state index in [1.807, 2.05) is 31.2 Å². The van der Waals surface area contributed by atoms with E-state index in [4.69, 9.17) is 4.74 Å². The van der Waals surface area contributed by atoms with Crippen LogP contribution in [0, 0.1) is 5.82 Å². The summed E-state index contributed by atoms with van der Waals surface area (Å²) in [5, 5.41) is 5.41. The van der Waals surface area contributed by atoms with E-state index < -0.39 is 35.5 Å². The molecule has 8 heteroatoms. The van der Waals surface area contributed by atoms with Gasteiger partial charge in [0.2, 0.25) is 11.8 Å². The Morgan fingerprint density at radius 3 is 2.53 bits per heavy atom. The van der Waals surface area contributed by atoms with Gasteiger partial charge in [0.15, 0.2) is 0 Å². The maximum absolute atomic E-state index is 14.4. The largest absolute Gasteiger partial charge is 0.444 e. The number of alkyl carbamates (subject to hydrolysis) is 1. The molecule has 3 amide bonds. The number of hydrogen-bond acceptors (Lipinski definition) is 4. The normalized spacial score (nSPS) is 16.9. The van der Waals surface area contributed by atoms with Gasteiger partial charge in [-0.05, 0) is 69.7 Å². The molecule has 0 radical (unpaired) electrons. The first-order valence-corrected chi connectivity index (χ1v) is 12.5. The third-order valence-electron chi connectivity index (χ3n) is 5.94. The number of halogens is 1. The highest BCUT2D eigenvalue weighted by Gasteiger charge is 2.33. The molecular weight excluding hydrogens is 461 g/mol. The summed E-state index contributed by atoms with van der Waals surface area (Å²) in [5.41, 5.74) is 1.47. The van der Waals surface area contributed by atoms with Gasteiger partial charge >= 0.3 is 6.09 Å². The molecule has 3 rings (SSSR count). The average Bonchev–Trinajstić information content (AvgIpc) is 2.81. The lowest BCUT2D eigenvalue weighted by Crippen LogP contribution is -2.56. The van der Waals surface area contributed by atoms with Gasteiger partial charge in [-0.25, -0.2) is 9.18 Å². The lowest BCUT2D eigenvalue weighted by Gasteiger charge is -2.32. The zero-order chi connectivity index (χ0) is 26.3. The number of fused-ring (bicyclic) bond motifs is 1. The standard InChI is InChI=1S/C28H36FN3O4/c1-5-17-32-24-16-9-7-11-19(24)13-10-15-22(26(32)34)30-25(33)23(31-27(35)36-28(2,3)4)18-20-12-6-8-14-21(20)29/h6-9,11-12,14,16,22-23H,5,10,13,15,17-18H2,1-4H3,(H,30,33)(H,31,35). The summed E-state index contributed by atoms with van der Waals surface area (Å²) in [5.74, 6) is -1.24. The van der Waals surface area contributed by atoms with Crippen molar-refractivity contribution < 1.29 is 23.5 Å². The smallest absolute Gasteiger partial charge is 0.408 e. The number of nitrogens with one attached hydrogen (secondary N) is 2. The summed E-state index contributed by atoms with van der Waals surface area (Å²) < 4.78 is 19.7. The zero-order valence-corrected chi connectivity index (χ0v) is 21.5. The van der Waals surface area contributed by atoms with Gasteiger partial charge in [0, 0.05) is 18.7 Å². The molecule has 2 aromatic carbocycles. The minimum atomic E-state index is -1.12. The zero-order valence-electron chi connectivity index (χ0n) is 21.5. The molecule has 0 aliphatic carbocycles. The topological polar surface area (TPSA) is 87.7 Å². The molecule has 0 spiro atoms. The molecule has 1 aliphatic heterocycles. The number of aryl methyl sites for hydroxylation is 1. The van der Waals surface area contributed by atoms with Gasteiger partial charge in [0.05, 0.1) is 0 Å². The van der Waals surface area contributed by atoms with Crippen molar-refractivity contribution in [3.63, 3.8) is 0 Å². The molecule has 7 nitrogen and oxygen atoms in total. The van der Waals surface area contributed by atoms with Gasteiger partial charge in [-0.3, -0.25) is 9.59 Å². The van der Waals surface area contributed by atoms with Crippen LogP contribution < -0.4 is 15.5 Å². The van der Waals surface area contributed by atoms with Crippen molar-refractivity contribution in [2.45, 2.75) is 77.5 Å². The number of carbonyl (C=O) groups excluding carboxylic acids is 3. The van der Waals surface area contributed by atoms with E-state index in [1.54, 1.807) is 43.9 Å². The summed E-state index contributed by atoms with van der Waals surface area (Å²) >= 11 is 0. The number of hydrogen-bond donors (Lipinski definition) is 2. The summed E-state index contributed by atoms with van der Waals surface area (Å²) in [4.78, 5) is 41.2. The van der Waals surface area contributed by atoms with E-state index in [0.29, 0.717) is 19.4 Å². The van der Waals surface area contributed by atoms with Crippen molar-refractivity contribution in [2.75, 3.05) is 11.4 Å². The van der Waals surface area contributed by atoms with Crippen LogP contribution >= 0.6 is 0 Å². The van der Waals surface area contributed by atoms with E-state index in [1.165, 1.54) is 6.07 Å². The van der Waals surface area contributed by atoms with Crippen LogP contribution in [0.4, 0.5) is 14.9 Å². The molecule has 0 saturated carbocycles. The van der Waals surface area contributed by atoms with Crippen LogP contribution in [0.15, 0.2) is 48.5 Å². The molecular formula is C28H36FN3O4. The fourth-order valence-electron chi connectivity index (χ4n) is 4.32. The van der Waals surface area contributed by atoms with Crippen LogP contribution in [0.25, 0.3) is 0 Å². The number of benzene rings is 2. The lowest BCUT2D eigenvalue weighted by atomic mass is 9.97. The molecule has 0 saturated heterocycles. The van der Waals surface area contributed by atoms with E-state index in [0.717, 1.165) is 24.1 Å². The van der Waals surface area contributed by atoms with Crippen LogP contribution in [0.1, 0.15) is 58.1 Å². The predicted molar refractivity (Wildman–Crippen MR) is 137 cm³/mol. The van der Waals surface area contributed by atoms with Crippen LogP contribution in [0.3, 0.4) is 0 Å². The van der Waals surface area contributed by atoms with Gasteiger partial charge in [0.25, 0.3) is 0 Å². The van der Waals surface area contributed by atoms with Crippen LogP contribution in [0.5, 0.6) is 0 Å². The maximum Gasteiger partial charge on any atom is 0.408 e. The molecule has 1 aliphatic rings. The highest BCUT2D eigenvalue weighted by atomic mass is 19.1. The number of ether oxygens (including phenoxy) is 1. The fraction of sp³-hybridized carbons (Fsp3) is 0.464.